The summed E-state index contributed by atoms with van der Waals surface area (Å²) in [6.45, 7) is 9.19. The van der Waals surface area contributed by atoms with Gasteiger partial charge in [0.15, 0.2) is 0 Å². The largest absolute Gasteiger partial charge is 0.492 e. The molecule has 1 aliphatic rings. The number of rotatable bonds is 9. The first-order chi connectivity index (χ1) is 17.5. The van der Waals surface area contributed by atoms with Crippen LogP contribution in [-0.2, 0) is 11.3 Å². The average Bonchev–Trinajstić information content (AvgIpc) is 2.90. The fourth-order valence-corrected chi connectivity index (χ4v) is 4.25. The molecular formula is C29H31ClN4O2. The molecule has 0 aliphatic carbocycles. The molecule has 2 aromatic carbocycles. The van der Waals surface area contributed by atoms with Crippen LogP contribution in [0.2, 0.25) is 5.02 Å². The van der Waals surface area contributed by atoms with Crippen LogP contribution in [0.25, 0.3) is 17.0 Å². The van der Waals surface area contributed by atoms with Gasteiger partial charge in [-0.05, 0) is 80.2 Å². The van der Waals surface area contributed by atoms with E-state index in [0.29, 0.717) is 35.5 Å². The Kier molecular flexibility index (Phi) is 8.87. The number of aromatic nitrogens is 2. The van der Waals surface area contributed by atoms with Crippen molar-refractivity contribution in [2.75, 3.05) is 19.7 Å². The number of benzene rings is 2. The van der Waals surface area contributed by atoms with Gasteiger partial charge < -0.3 is 10.1 Å². The van der Waals surface area contributed by atoms with E-state index in [1.807, 2.05) is 61.5 Å². The highest BCUT2D eigenvalue weighted by Crippen LogP contribution is 2.21. The zero-order valence-corrected chi connectivity index (χ0v) is 21.2. The number of aliphatic imine (C=N–C) groups is 1. The van der Waals surface area contributed by atoms with Gasteiger partial charge in [0.25, 0.3) is 5.56 Å². The van der Waals surface area contributed by atoms with Crippen LogP contribution in [0.15, 0.2) is 88.9 Å². The Morgan fingerprint density at radius 2 is 2.00 bits per heavy atom. The Hall–Kier alpha value is -3.48. The van der Waals surface area contributed by atoms with Crippen molar-refractivity contribution in [2.45, 2.75) is 26.3 Å². The lowest BCUT2D eigenvalue weighted by Gasteiger charge is -2.22. The van der Waals surface area contributed by atoms with Crippen LogP contribution >= 0.6 is 11.6 Å². The van der Waals surface area contributed by atoms with Gasteiger partial charge in [0.1, 0.15) is 5.76 Å². The van der Waals surface area contributed by atoms with Crippen molar-refractivity contribution in [3.63, 3.8) is 0 Å². The SMILES string of the molecule is C=C(/N=C\C(=C/C)OCC1CCNCC1)c1cccc(Cn2nc(-c3cccc(Cl)c3)ccc2=O)c1. The first kappa shape index (κ1) is 25.6. The standard InChI is InChI=1S/C29H31ClN4O2/c1-3-27(36-20-22-12-14-31-15-13-22)18-32-21(2)24-7-4-6-23(16-24)19-34-29(35)11-10-28(33-34)25-8-5-9-26(30)17-25/h3-11,16-18,22,31H,2,12-15,19-20H2,1H3/b27-3+,32-18-. The number of nitrogens with one attached hydrogen (secondary N) is 1. The first-order valence-corrected chi connectivity index (χ1v) is 12.6. The van der Waals surface area contributed by atoms with Crippen molar-refractivity contribution in [3.8, 4) is 11.3 Å². The smallest absolute Gasteiger partial charge is 0.267 e. The summed E-state index contributed by atoms with van der Waals surface area (Å²) in [5.74, 6) is 1.31. The number of hydrogen-bond acceptors (Lipinski definition) is 5. The minimum Gasteiger partial charge on any atom is -0.492 e. The van der Waals surface area contributed by atoms with Crippen molar-refractivity contribution < 1.29 is 4.74 Å². The maximum Gasteiger partial charge on any atom is 0.267 e. The summed E-state index contributed by atoms with van der Waals surface area (Å²) in [7, 11) is 0. The van der Waals surface area contributed by atoms with Crippen LogP contribution in [0.4, 0.5) is 0 Å². The summed E-state index contributed by atoms with van der Waals surface area (Å²) >= 11 is 6.12. The molecule has 0 atom stereocenters. The van der Waals surface area contributed by atoms with E-state index in [1.165, 1.54) is 10.7 Å². The van der Waals surface area contributed by atoms with Gasteiger partial charge in [-0.15, -0.1) is 0 Å². The molecule has 1 aliphatic heterocycles. The second kappa shape index (κ2) is 12.5. The van der Waals surface area contributed by atoms with Gasteiger partial charge in [-0.25, -0.2) is 4.68 Å². The van der Waals surface area contributed by atoms with E-state index in [-0.39, 0.29) is 5.56 Å². The quantitative estimate of drug-likeness (QED) is 0.306. The molecule has 1 aromatic heterocycles. The van der Waals surface area contributed by atoms with Crippen molar-refractivity contribution in [1.82, 2.24) is 15.1 Å². The van der Waals surface area contributed by atoms with E-state index in [4.69, 9.17) is 16.3 Å². The summed E-state index contributed by atoms with van der Waals surface area (Å²) in [5, 5.41) is 8.54. The molecule has 4 rings (SSSR count). The molecule has 6 nitrogen and oxygen atoms in total. The normalized spacial score (nSPS) is 14.8. The van der Waals surface area contributed by atoms with Gasteiger partial charge >= 0.3 is 0 Å². The third-order valence-corrected chi connectivity index (χ3v) is 6.39. The molecule has 0 bridgehead atoms. The maximum atomic E-state index is 12.5. The summed E-state index contributed by atoms with van der Waals surface area (Å²) in [6.07, 6.45) is 5.90. The van der Waals surface area contributed by atoms with E-state index < -0.39 is 0 Å². The van der Waals surface area contributed by atoms with Crippen molar-refractivity contribution >= 4 is 23.5 Å². The first-order valence-electron chi connectivity index (χ1n) is 12.2. The van der Waals surface area contributed by atoms with Gasteiger partial charge in [0.05, 0.1) is 30.8 Å². The minimum atomic E-state index is -0.174. The van der Waals surface area contributed by atoms with E-state index in [9.17, 15) is 4.79 Å². The Labute approximate surface area is 217 Å². The molecule has 1 N–H and O–H groups in total. The zero-order chi connectivity index (χ0) is 25.3. The highest BCUT2D eigenvalue weighted by molar-refractivity contribution is 6.30. The summed E-state index contributed by atoms with van der Waals surface area (Å²) < 4.78 is 7.43. The van der Waals surface area contributed by atoms with Gasteiger partial charge in [0.2, 0.25) is 0 Å². The number of piperidine rings is 1. The van der Waals surface area contributed by atoms with Crippen LogP contribution in [0.5, 0.6) is 0 Å². The lowest BCUT2D eigenvalue weighted by atomic mass is 9.99. The fraction of sp³-hybridized carbons (Fsp3) is 0.276. The van der Waals surface area contributed by atoms with E-state index in [2.05, 4.69) is 22.0 Å². The molecule has 36 heavy (non-hydrogen) atoms. The Balaban J connectivity index is 1.43. The van der Waals surface area contributed by atoms with Crippen LogP contribution in [0.1, 0.15) is 30.9 Å². The molecule has 0 amide bonds. The third kappa shape index (κ3) is 7.03. The number of hydrogen-bond donors (Lipinski definition) is 1. The maximum absolute atomic E-state index is 12.5. The Morgan fingerprint density at radius 3 is 2.78 bits per heavy atom. The topological polar surface area (TPSA) is 68.5 Å². The molecule has 0 spiro atoms. The van der Waals surface area contributed by atoms with E-state index in [0.717, 1.165) is 48.4 Å². The van der Waals surface area contributed by atoms with Gasteiger partial charge in [0, 0.05) is 16.7 Å². The molecule has 2 heterocycles. The van der Waals surface area contributed by atoms with Crippen molar-refractivity contribution in [2.24, 2.45) is 10.9 Å². The molecule has 1 saturated heterocycles. The highest BCUT2D eigenvalue weighted by Gasteiger charge is 2.13. The van der Waals surface area contributed by atoms with E-state index in [1.54, 1.807) is 12.3 Å². The molecule has 0 saturated carbocycles. The van der Waals surface area contributed by atoms with Crippen molar-refractivity contribution in [1.29, 1.82) is 0 Å². The van der Waals surface area contributed by atoms with Crippen molar-refractivity contribution in [3.05, 3.63) is 106 Å². The predicted octanol–water partition coefficient (Wildman–Crippen LogP) is 5.57. The Morgan fingerprint density at radius 1 is 1.19 bits per heavy atom. The number of halogens is 1. The molecule has 7 heteroatoms. The van der Waals surface area contributed by atoms with Crippen LogP contribution < -0.4 is 10.9 Å². The lowest BCUT2D eigenvalue weighted by Crippen LogP contribution is -2.29. The molecular weight excluding hydrogens is 472 g/mol. The number of ether oxygens (including phenoxy) is 1. The van der Waals surface area contributed by atoms with Gasteiger partial charge in [-0.2, -0.15) is 5.10 Å². The second-order valence-corrected chi connectivity index (χ2v) is 9.26. The number of nitrogens with zero attached hydrogens (tertiary/aromatic N) is 3. The number of allylic oxidation sites excluding steroid dienone is 2. The van der Waals surface area contributed by atoms with Crippen LogP contribution in [0, 0.1) is 5.92 Å². The minimum absolute atomic E-state index is 0.174. The highest BCUT2D eigenvalue weighted by atomic mass is 35.5. The monoisotopic (exact) mass is 502 g/mol. The zero-order valence-electron chi connectivity index (χ0n) is 20.5. The van der Waals surface area contributed by atoms with Gasteiger partial charge in [-0.1, -0.05) is 48.5 Å². The second-order valence-electron chi connectivity index (χ2n) is 8.83. The molecule has 3 aromatic rings. The van der Waals surface area contributed by atoms with E-state index >= 15 is 0 Å². The lowest BCUT2D eigenvalue weighted by molar-refractivity contribution is 0.159. The molecule has 1 fully saturated rings. The third-order valence-electron chi connectivity index (χ3n) is 6.16. The molecule has 0 radical (unpaired) electrons. The van der Waals surface area contributed by atoms with Crippen LogP contribution in [0.3, 0.4) is 0 Å². The molecule has 186 valence electrons. The predicted molar refractivity (Wildman–Crippen MR) is 147 cm³/mol. The summed E-state index contributed by atoms with van der Waals surface area (Å²) in [5.41, 5.74) is 3.79. The molecule has 0 unspecified atom stereocenters. The van der Waals surface area contributed by atoms with Gasteiger partial charge in [-0.3, -0.25) is 9.79 Å². The summed E-state index contributed by atoms with van der Waals surface area (Å²) in [4.78, 5) is 17.0. The fourth-order valence-electron chi connectivity index (χ4n) is 4.06. The van der Waals surface area contributed by atoms with Crippen LogP contribution in [-0.4, -0.2) is 35.7 Å². The summed E-state index contributed by atoms with van der Waals surface area (Å²) in [6, 6.07) is 18.5. The Bertz CT molecular complexity index is 1320. The average molecular weight is 503 g/mol.